The van der Waals surface area contributed by atoms with Crippen LogP contribution in [0.2, 0.25) is 0 Å². The lowest BCUT2D eigenvalue weighted by Gasteiger charge is -2.07. The lowest BCUT2D eigenvalue weighted by molar-refractivity contribution is 0.102. The molecule has 0 atom stereocenters. The van der Waals surface area contributed by atoms with Crippen molar-refractivity contribution in [1.29, 1.82) is 0 Å². The zero-order valence-corrected chi connectivity index (χ0v) is 9.38. The third-order valence-electron chi connectivity index (χ3n) is 2.36. The van der Waals surface area contributed by atoms with Crippen molar-refractivity contribution in [2.45, 2.75) is 0 Å². The number of carbonyl (C=O) groups is 1. The van der Waals surface area contributed by atoms with Crippen LogP contribution in [0, 0.1) is 23.3 Å². The smallest absolute Gasteiger partial charge is 0.258 e. The van der Waals surface area contributed by atoms with Gasteiger partial charge in [-0.3, -0.25) is 4.79 Å². The van der Waals surface area contributed by atoms with Gasteiger partial charge >= 0.3 is 0 Å². The minimum atomic E-state index is -1.64. The molecule has 0 fully saturated rings. The Morgan fingerprint density at radius 1 is 0.895 bits per heavy atom. The molecule has 0 bridgehead atoms. The van der Waals surface area contributed by atoms with Crippen LogP contribution in [-0.2, 0) is 0 Å². The largest absolute Gasteiger partial charge is 0.322 e. The van der Waals surface area contributed by atoms with Crippen LogP contribution in [0.3, 0.4) is 0 Å². The average Bonchev–Trinajstić information content (AvgIpc) is 2.36. The Hall–Kier alpha value is -2.37. The van der Waals surface area contributed by atoms with Crippen LogP contribution in [0.15, 0.2) is 36.4 Å². The lowest BCUT2D eigenvalue weighted by Crippen LogP contribution is -2.14. The molecule has 98 valence electrons. The van der Waals surface area contributed by atoms with Crippen molar-refractivity contribution in [3.8, 4) is 0 Å². The van der Waals surface area contributed by atoms with E-state index in [1.54, 1.807) is 0 Å². The van der Waals surface area contributed by atoms with Crippen LogP contribution in [-0.4, -0.2) is 5.91 Å². The zero-order valence-electron chi connectivity index (χ0n) is 9.38. The summed E-state index contributed by atoms with van der Waals surface area (Å²) in [5.74, 6) is -6.18. The molecule has 0 radical (unpaired) electrons. The minimum absolute atomic E-state index is 0.285. The molecule has 0 heterocycles. The first kappa shape index (κ1) is 13.1. The molecule has 1 amide bonds. The van der Waals surface area contributed by atoms with Gasteiger partial charge in [0.05, 0.1) is 5.56 Å². The summed E-state index contributed by atoms with van der Waals surface area (Å²) < 4.78 is 51.9. The van der Waals surface area contributed by atoms with Crippen molar-refractivity contribution in [1.82, 2.24) is 0 Å². The second-order valence-electron chi connectivity index (χ2n) is 3.69. The van der Waals surface area contributed by atoms with Gasteiger partial charge in [0.15, 0.2) is 17.5 Å². The van der Waals surface area contributed by atoms with Crippen LogP contribution in [0.25, 0.3) is 0 Å². The van der Waals surface area contributed by atoms with Crippen molar-refractivity contribution in [3.05, 3.63) is 65.2 Å². The van der Waals surface area contributed by atoms with Gasteiger partial charge in [0, 0.05) is 17.8 Å². The molecule has 0 aliphatic carbocycles. The molecule has 0 aromatic heterocycles. The number of benzene rings is 2. The lowest BCUT2D eigenvalue weighted by atomic mass is 10.2. The highest BCUT2D eigenvalue weighted by atomic mass is 19.2. The van der Waals surface area contributed by atoms with E-state index in [-0.39, 0.29) is 11.3 Å². The Balaban J connectivity index is 2.27. The Morgan fingerprint density at radius 2 is 1.47 bits per heavy atom. The molecule has 0 aliphatic heterocycles. The number of rotatable bonds is 2. The molecule has 6 heteroatoms. The molecule has 0 saturated carbocycles. The molecule has 2 aromatic rings. The van der Waals surface area contributed by atoms with Crippen molar-refractivity contribution in [2.75, 3.05) is 5.32 Å². The molecule has 2 nitrogen and oxygen atoms in total. The average molecular weight is 269 g/mol. The first-order chi connectivity index (χ1) is 8.99. The van der Waals surface area contributed by atoms with E-state index in [0.717, 1.165) is 6.07 Å². The molecule has 2 aromatic carbocycles. The van der Waals surface area contributed by atoms with Gasteiger partial charge in [-0.1, -0.05) is 12.1 Å². The maximum Gasteiger partial charge on any atom is 0.258 e. The summed E-state index contributed by atoms with van der Waals surface area (Å²) in [5, 5.41) is 2.08. The molecule has 0 unspecified atom stereocenters. The first-order valence-electron chi connectivity index (χ1n) is 5.19. The summed E-state index contributed by atoms with van der Waals surface area (Å²) >= 11 is 0. The maximum atomic E-state index is 13.3. The number of anilines is 1. The van der Waals surface area contributed by atoms with Gasteiger partial charge in [-0.25, -0.2) is 17.6 Å². The fourth-order valence-electron chi connectivity index (χ4n) is 1.47. The molecule has 19 heavy (non-hydrogen) atoms. The van der Waals surface area contributed by atoms with Crippen LogP contribution < -0.4 is 5.32 Å². The van der Waals surface area contributed by atoms with E-state index < -0.39 is 29.2 Å². The standard InChI is InChI=1S/C13H7F4NO/c14-9-4-2-1-3-8(9)13(19)18-7-5-10(15)12(17)11(16)6-7/h1-6H,(H,18,19). The van der Waals surface area contributed by atoms with Gasteiger partial charge in [-0.2, -0.15) is 0 Å². The maximum absolute atomic E-state index is 13.3. The zero-order chi connectivity index (χ0) is 14.0. The Morgan fingerprint density at radius 3 is 2.05 bits per heavy atom. The van der Waals surface area contributed by atoms with Gasteiger partial charge in [-0.05, 0) is 12.1 Å². The second kappa shape index (κ2) is 5.09. The van der Waals surface area contributed by atoms with E-state index >= 15 is 0 Å². The molecule has 0 aliphatic rings. The van der Waals surface area contributed by atoms with Gasteiger partial charge < -0.3 is 5.32 Å². The molecular formula is C13H7F4NO. The quantitative estimate of drug-likeness (QED) is 0.656. The summed E-state index contributed by atoms with van der Waals surface area (Å²) in [6.45, 7) is 0. The van der Waals surface area contributed by atoms with E-state index in [9.17, 15) is 22.4 Å². The van der Waals surface area contributed by atoms with Crippen LogP contribution in [0.4, 0.5) is 23.2 Å². The van der Waals surface area contributed by atoms with Crippen LogP contribution in [0.1, 0.15) is 10.4 Å². The van der Waals surface area contributed by atoms with Gasteiger partial charge in [0.2, 0.25) is 0 Å². The molecule has 0 spiro atoms. The van der Waals surface area contributed by atoms with Gasteiger partial charge in [0.1, 0.15) is 5.82 Å². The fourth-order valence-corrected chi connectivity index (χ4v) is 1.47. The van der Waals surface area contributed by atoms with E-state index in [4.69, 9.17) is 0 Å². The normalized spacial score (nSPS) is 10.3. The molecule has 1 N–H and O–H groups in total. The van der Waals surface area contributed by atoms with Crippen molar-refractivity contribution < 1.29 is 22.4 Å². The summed E-state index contributed by atoms with van der Waals surface area (Å²) in [5.41, 5.74) is -0.586. The van der Waals surface area contributed by atoms with Gasteiger partial charge in [0.25, 0.3) is 5.91 Å². The summed E-state index contributed by atoms with van der Waals surface area (Å²) in [6, 6.07) is 6.32. The SMILES string of the molecule is O=C(Nc1cc(F)c(F)c(F)c1)c1ccccc1F. The first-order valence-corrected chi connectivity index (χ1v) is 5.19. The number of nitrogens with one attached hydrogen (secondary N) is 1. The Labute approximate surface area is 105 Å². The van der Waals surface area contributed by atoms with Gasteiger partial charge in [-0.15, -0.1) is 0 Å². The Kier molecular flexibility index (Phi) is 3.50. The van der Waals surface area contributed by atoms with Crippen molar-refractivity contribution in [3.63, 3.8) is 0 Å². The van der Waals surface area contributed by atoms with E-state index in [2.05, 4.69) is 5.32 Å². The summed E-state index contributed by atoms with van der Waals surface area (Å²) in [7, 11) is 0. The molecule has 2 rings (SSSR count). The number of halogens is 4. The predicted molar refractivity (Wildman–Crippen MR) is 60.7 cm³/mol. The Bertz CT molecular complexity index is 619. The third-order valence-corrected chi connectivity index (χ3v) is 2.36. The van der Waals surface area contributed by atoms with E-state index in [0.29, 0.717) is 12.1 Å². The van der Waals surface area contributed by atoms with Crippen LogP contribution >= 0.6 is 0 Å². The third kappa shape index (κ3) is 2.73. The second-order valence-corrected chi connectivity index (χ2v) is 3.69. The van der Waals surface area contributed by atoms with Crippen LogP contribution in [0.5, 0.6) is 0 Å². The van der Waals surface area contributed by atoms with E-state index in [1.165, 1.54) is 18.2 Å². The number of carbonyl (C=O) groups excluding carboxylic acids is 1. The number of amides is 1. The molecular weight excluding hydrogens is 262 g/mol. The number of hydrogen-bond acceptors (Lipinski definition) is 1. The summed E-state index contributed by atoms with van der Waals surface area (Å²) in [4.78, 5) is 11.7. The van der Waals surface area contributed by atoms with Crippen molar-refractivity contribution >= 4 is 11.6 Å². The topological polar surface area (TPSA) is 29.1 Å². The fraction of sp³-hybridized carbons (Fsp3) is 0. The number of hydrogen-bond donors (Lipinski definition) is 1. The highest BCUT2D eigenvalue weighted by Crippen LogP contribution is 2.18. The predicted octanol–water partition coefficient (Wildman–Crippen LogP) is 3.50. The highest BCUT2D eigenvalue weighted by Gasteiger charge is 2.14. The monoisotopic (exact) mass is 269 g/mol. The van der Waals surface area contributed by atoms with E-state index in [1.807, 2.05) is 0 Å². The highest BCUT2D eigenvalue weighted by molar-refractivity contribution is 6.04. The minimum Gasteiger partial charge on any atom is -0.322 e. The summed E-state index contributed by atoms with van der Waals surface area (Å²) in [6.07, 6.45) is 0. The molecule has 0 saturated heterocycles. The van der Waals surface area contributed by atoms with Crippen molar-refractivity contribution in [2.24, 2.45) is 0 Å².